The number of carbonyl (C=O) groups excluding carboxylic acids is 1. The number of azide groups is 1. The van der Waals surface area contributed by atoms with Crippen molar-refractivity contribution < 1.29 is 47.4 Å². The van der Waals surface area contributed by atoms with Gasteiger partial charge in [0.25, 0.3) is 0 Å². The summed E-state index contributed by atoms with van der Waals surface area (Å²) in [6.45, 7) is 0.783. The lowest BCUT2D eigenvalue weighted by molar-refractivity contribution is -0.350. The molecular formula is C48H46N4O10. The van der Waals surface area contributed by atoms with Crippen molar-refractivity contribution in [3.63, 3.8) is 0 Å². The molecule has 0 aliphatic carbocycles. The van der Waals surface area contributed by atoms with Crippen LogP contribution in [0.1, 0.15) is 38.2 Å². The average molecular weight is 839 g/mol. The highest BCUT2D eigenvalue weighted by atomic mass is 16.8. The first-order chi connectivity index (χ1) is 30.6. The number of benzene rings is 5. The van der Waals surface area contributed by atoms with E-state index in [1.165, 1.54) is 0 Å². The number of rotatable bonds is 18. The molecule has 0 N–H and O–H groups in total. The van der Waals surface area contributed by atoms with Gasteiger partial charge >= 0.3 is 5.97 Å². The predicted molar refractivity (Wildman–Crippen MR) is 223 cm³/mol. The summed E-state index contributed by atoms with van der Waals surface area (Å²) >= 11 is 0. The van der Waals surface area contributed by atoms with Crippen LogP contribution in [-0.4, -0.2) is 80.5 Å². The summed E-state index contributed by atoms with van der Waals surface area (Å²) in [5, 5.41) is 14.0. The third-order valence-corrected chi connectivity index (χ3v) is 10.9. The van der Waals surface area contributed by atoms with Crippen LogP contribution in [0.25, 0.3) is 10.4 Å². The Morgan fingerprint density at radius 1 is 0.677 bits per heavy atom. The monoisotopic (exact) mass is 838 g/mol. The van der Waals surface area contributed by atoms with Crippen LogP contribution in [0.15, 0.2) is 151 Å². The van der Waals surface area contributed by atoms with Gasteiger partial charge in [-0.25, -0.2) is 4.79 Å². The second kappa shape index (κ2) is 21.2. The van der Waals surface area contributed by atoms with Gasteiger partial charge in [0.05, 0.1) is 56.8 Å². The van der Waals surface area contributed by atoms with E-state index >= 15 is 0 Å². The summed E-state index contributed by atoms with van der Waals surface area (Å²) < 4.78 is 59.0. The second-order valence-corrected chi connectivity index (χ2v) is 15.0. The summed E-state index contributed by atoms with van der Waals surface area (Å²) in [5.41, 5.74) is 13.9. The molecule has 8 rings (SSSR count). The molecule has 3 aliphatic heterocycles. The van der Waals surface area contributed by atoms with Gasteiger partial charge in [-0.05, 0) is 46.0 Å². The predicted octanol–water partition coefficient (Wildman–Crippen LogP) is 7.60. The molecule has 3 fully saturated rings. The minimum absolute atomic E-state index is 0.0209. The summed E-state index contributed by atoms with van der Waals surface area (Å²) in [6, 6.07) is 46.0. The average Bonchev–Trinajstić information content (AvgIpc) is 3.77. The maximum absolute atomic E-state index is 13.7. The fourth-order valence-electron chi connectivity index (χ4n) is 7.79. The highest BCUT2D eigenvalue weighted by molar-refractivity contribution is 5.89. The largest absolute Gasteiger partial charge is 0.455 e. The van der Waals surface area contributed by atoms with E-state index in [1.54, 1.807) is 42.5 Å². The summed E-state index contributed by atoms with van der Waals surface area (Å²) in [6.07, 6.45) is -8.72. The van der Waals surface area contributed by atoms with Crippen LogP contribution in [-0.2, 0) is 69.1 Å². The Morgan fingerprint density at radius 2 is 1.26 bits per heavy atom. The lowest BCUT2D eigenvalue weighted by Crippen LogP contribution is -2.64. The Bertz CT molecular complexity index is 2280. The van der Waals surface area contributed by atoms with E-state index in [1.807, 2.05) is 103 Å². The maximum Gasteiger partial charge on any atom is 0.338 e. The van der Waals surface area contributed by atoms with Crippen LogP contribution in [0.2, 0.25) is 0 Å². The van der Waals surface area contributed by atoms with E-state index < -0.39 is 67.3 Å². The Kier molecular flexibility index (Phi) is 14.6. The van der Waals surface area contributed by atoms with Gasteiger partial charge < -0.3 is 42.6 Å². The zero-order chi connectivity index (χ0) is 42.5. The normalized spacial score (nSPS) is 26.5. The van der Waals surface area contributed by atoms with E-state index in [2.05, 4.69) is 16.1 Å². The van der Waals surface area contributed by atoms with Crippen LogP contribution < -0.4 is 0 Å². The minimum atomic E-state index is -1.25. The third-order valence-electron chi connectivity index (χ3n) is 10.9. The molecule has 2 bridgehead atoms. The van der Waals surface area contributed by atoms with Gasteiger partial charge in [0.15, 0.2) is 12.6 Å². The van der Waals surface area contributed by atoms with Crippen molar-refractivity contribution in [3.05, 3.63) is 189 Å². The molecule has 0 aromatic heterocycles. The van der Waals surface area contributed by atoms with Crippen molar-refractivity contribution in [2.24, 2.45) is 5.11 Å². The Labute approximate surface area is 359 Å². The van der Waals surface area contributed by atoms with Crippen molar-refractivity contribution in [1.82, 2.24) is 0 Å². The maximum atomic E-state index is 13.7. The molecule has 0 spiro atoms. The highest BCUT2D eigenvalue weighted by Crippen LogP contribution is 2.38. The molecule has 3 saturated heterocycles. The molecule has 0 unspecified atom stereocenters. The van der Waals surface area contributed by atoms with Crippen LogP contribution in [0.5, 0.6) is 0 Å². The topological polar surface area (TPSA) is 173 Å². The first-order valence-electron chi connectivity index (χ1n) is 20.5. The number of ether oxygens (including phenoxy) is 9. The first kappa shape index (κ1) is 42.7. The number of fused-ring (bicyclic) bond motifs is 2. The van der Waals surface area contributed by atoms with Crippen molar-refractivity contribution in [3.8, 4) is 6.07 Å². The summed E-state index contributed by atoms with van der Waals surface area (Å²) in [5.74, 6) is -0.653. The molecular weight excluding hydrogens is 793 g/mol. The number of nitrogens with zero attached hydrogens (tertiary/aromatic N) is 4. The number of esters is 1. The molecule has 3 heterocycles. The van der Waals surface area contributed by atoms with Crippen molar-refractivity contribution >= 4 is 5.97 Å². The van der Waals surface area contributed by atoms with Gasteiger partial charge in [-0.1, -0.05) is 133 Å². The van der Waals surface area contributed by atoms with Crippen LogP contribution in [0.3, 0.4) is 0 Å². The number of hydrogen-bond donors (Lipinski definition) is 0. The zero-order valence-corrected chi connectivity index (χ0v) is 33.7. The van der Waals surface area contributed by atoms with Crippen LogP contribution in [0, 0.1) is 11.3 Å². The lowest BCUT2D eigenvalue weighted by atomic mass is 9.96. The molecule has 5 aromatic carbocycles. The first-order valence-corrected chi connectivity index (χ1v) is 20.5. The van der Waals surface area contributed by atoms with Gasteiger partial charge in [0.1, 0.15) is 48.8 Å². The minimum Gasteiger partial charge on any atom is -0.455 e. The van der Waals surface area contributed by atoms with Crippen molar-refractivity contribution in [1.29, 1.82) is 5.26 Å². The summed E-state index contributed by atoms with van der Waals surface area (Å²) in [7, 11) is 0. The van der Waals surface area contributed by atoms with E-state index in [9.17, 15) is 15.6 Å². The van der Waals surface area contributed by atoms with Crippen LogP contribution in [0.4, 0.5) is 0 Å². The molecule has 0 saturated carbocycles. The fourth-order valence-corrected chi connectivity index (χ4v) is 7.79. The van der Waals surface area contributed by atoms with Crippen molar-refractivity contribution in [2.75, 3.05) is 13.2 Å². The fraction of sp³-hybridized carbons (Fsp3) is 0.333. The molecule has 0 radical (unpaired) electrons. The number of carbonyl (C=O) groups is 1. The highest BCUT2D eigenvalue weighted by Gasteiger charge is 2.57. The standard InChI is InChI=1S/C48H46N4O10/c49-25-36-23-13-14-24-37(36)29-57-45-44(56-28-34-19-9-3-10-20-34)41(55-27-33-17-7-2-8-18-33)38(30-54-26-32-15-5-1-6-16-32)60-48(45)62-42-39-31-58-47(59-39)40(51-52-50)43(42)61-46(53)35-21-11-4-12-22-35/h1-24,38-45,47-48H,26-31H2/t38-,39-,40-,41-,42-,43-,44+,45-,47-,48-/m1/s1. The van der Waals surface area contributed by atoms with E-state index in [0.29, 0.717) is 23.3 Å². The molecule has 3 aliphatic rings. The molecule has 5 aromatic rings. The zero-order valence-electron chi connectivity index (χ0n) is 33.7. The van der Waals surface area contributed by atoms with Gasteiger partial charge in [-0.2, -0.15) is 5.26 Å². The summed E-state index contributed by atoms with van der Waals surface area (Å²) in [4.78, 5) is 16.7. The SMILES string of the molecule is N#Cc1ccccc1CO[C@H]1[C@@H](O[C@H]2[C@H](OC(=O)c3ccccc3)[C@@H](N=[N+]=[N-])[C@@H]3OC[C@H]2O3)O[C@H](COCc2ccccc2)[C@@H](OCc2ccccc2)[C@@H]1OCc1ccccc1. The Balaban J connectivity index is 1.17. The van der Waals surface area contributed by atoms with E-state index in [4.69, 9.17) is 42.6 Å². The van der Waals surface area contributed by atoms with Gasteiger partial charge in [-0.15, -0.1) is 0 Å². The van der Waals surface area contributed by atoms with E-state index in [0.717, 1.165) is 16.7 Å². The van der Waals surface area contributed by atoms with Gasteiger partial charge in [-0.3, -0.25) is 0 Å². The number of nitriles is 1. The Morgan fingerprint density at radius 3 is 1.90 bits per heavy atom. The second-order valence-electron chi connectivity index (χ2n) is 15.0. The third kappa shape index (κ3) is 10.6. The van der Waals surface area contributed by atoms with E-state index in [-0.39, 0.29) is 33.0 Å². The number of hydrogen-bond acceptors (Lipinski definition) is 12. The molecule has 14 heteroatoms. The van der Waals surface area contributed by atoms with Gasteiger partial charge in [0.2, 0.25) is 0 Å². The molecule has 62 heavy (non-hydrogen) atoms. The quantitative estimate of drug-likeness (QED) is 0.0368. The molecule has 14 nitrogen and oxygen atoms in total. The molecule has 318 valence electrons. The molecule has 10 atom stereocenters. The van der Waals surface area contributed by atoms with Crippen LogP contribution >= 0.6 is 0 Å². The molecule has 0 amide bonds. The van der Waals surface area contributed by atoms with Crippen molar-refractivity contribution in [2.45, 2.75) is 87.8 Å². The van der Waals surface area contributed by atoms with Gasteiger partial charge in [0, 0.05) is 4.91 Å². The Hall–Kier alpha value is -5.95. The smallest absolute Gasteiger partial charge is 0.338 e. The lowest BCUT2D eigenvalue weighted by Gasteiger charge is -2.48.